The van der Waals surface area contributed by atoms with Crippen LogP contribution in [0, 0.1) is 0 Å². The van der Waals surface area contributed by atoms with Gasteiger partial charge in [0.05, 0.1) is 6.10 Å². The Labute approximate surface area is 63.0 Å². The van der Waals surface area contributed by atoms with Crippen LogP contribution in [0.25, 0.3) is 0 Å². The fourth-order valence-electron chi connectivity index (χ4n) is 1.26. The highest BCUT2D eigenvalue weighted by Gasteiger charge is 2.13. The second-order valence-corrected chi connectivity index (χ2v) is 3.12. The van der Waals surface area contributed by atoms with E-state index in [2.05, 4.69) is 19.2 Å². The molecule has 1 aliphatic rings. The van der Waals surface area contributed by atoms with E-state index in [-0.39, 0.29) is 0 Å². The van der Waals surface area contributed by atoms with E-state index < -0.39 is 0 Å². The first-order chi connectivity index (χ1) is 4.79. The highest BCUT2D eigenvalue weighted by molar-refractivity contribution is 4.63. The van der Waals surface area contributed by atoms with Crippen LogP contribution in [0.2, 0.25) is 0 Å². The third-order valence-electron chi connectivity index (χ3n) is 1.70. The van der Waals surface area contributed by atoms with E-state index >= 15 is 0 Å². The Kier molecular flexibility index (Phi) is 3.16. The third kappa shape index (κ3) is 2.67. The first kappa shape index (κ1) is 8.02. The zero-order valence-corrected chi connectivity index (χ0v) is 6.89. The fraction of sp³-hybridized carbons (Fsp3) is 1.00. The molecule has 2 heteroatoms. The third-order valence-corrected chi connectivity index (χ3v) is 1.70. The van der Waals surface area contributed by atoms with Crippen molar-refractivity contribution in [3.63, 3.8) is 0 Å². The molecule has 10 heavy (non-hydrogen) atoms. The van der Waals surface area contributed by atoms with Crippen molar-refractivity contribution in [1.82, 2.24) is 5.32 Å². The van der Waals surface area contributed by atoms with E-state index in [9.17, 15) is 0 Å². The summed E-state index contributed by atoms with van der Waals surface area (Å²) in [6, 6.07) is 0. The summed E-state index contributed by atoms with van der Waals surface area (Å²) in [4.78, 5) is 0. The van der Waals surface area contributed by atoms with Crippen LogP contribution in [0.5, 0.6) is 0 Å². The molecule has 0 aromatic heterocycles. The van der Waals surface area contributed by atoms with Gasteiger partial charge in [0.25, 0.3) is 0 Å². The predicted octanol–water partition coefficient (Wildman–Crippen LogP) is 1.51. The van der Waals surface area contributed by atoms with E-state index in [4.69, 9.17) is 4.74 Å². The van der Waals surface area contributed by atoms with E-state index in [0.717, 1.165) is 6.54 Å². The molecule has 1 unspecified atom stereocenters. The van der Waals surface area contributed by atoms with Crippen molar-refractivity contribution in [2.75, 3.05) is 6.54 Å². The number of nitrogens with one attached hydrogen (secondary N) is 1. The molecule has 0 saturated carbocycles. The molecule has 0 aromatic carbocycles. The summed E-state index contributed by atoms with van der Waals surface area (Å²) in [6.07, 6.45) is 4.48. The molecule has 1 saturated heterocycles. The average Bonchev–Trinajstić information content (AvgIpc) is 1.88. The van der Waals surface area contributed by atoms with Gasteiger partial charge >= 0.3 is 0 Å². The molecule has 2 nitrogen and oxygen atoms in total. The lowest BCUT2D eigenvalue weighted by Crippen LogP contribution is -2.37. The van der Waals surface area contributed by atoms with Gasteiger partial charge < -0.3 is 4.74 Å². The topological polar surface area (TPSA) is 21.3 Å². The van der Waals surface area contributed by atoms with Gasteiger partial charge in [0.2, 0.25) is 0 Å². The smallest absolute Gasteiger partial charge is 0.108 e. The first-order valence-electron chi connectivity index (χ1n) is 4.18. The number of hydrogen-bond donors (Lipinski definition) is 1. The van der Waals surface area contributed by atoms with Gasteiger partial charge in [-0.15, -0.1) is 0 Å². The maximum atomic E-state index is 5.58. The molecule has 0 bridgehead atoms. The van der Waals surface area contributed by atoms with Gasteiger partial charge in [-0.1, -0.05) is 0 Å². The van der Waals surface area contributed by atoms with Crippen LogP contribution in [-0.2, 0) is 4.74 Å². The van der Waals surface area contributed by atoms with E-state index in [0.29, 0.717) is 12.3 Å². The lowest BCUT2D eigenvalue weighted by molar-refractivity contribution is -0.0257. The molecule has 0 aliphatic carbocycles. The number of ether oxygens (including phenoxy) is 1. The van der Waals surface area contributed by atoms with Crippen LogP contribution in [0.3, 0.4) is 0 Å². The zero-order chi connectivity index (χ0) is 7.40. The molecule has 1 atom stereocenters. The van der Waals surface area contributed by atoms with Crippen molar-refractivity contribution in [3.8, 4) is 0 Å². The van der Waals surface area contributed by atoms with Crippen LogP contribution in [0.15, 0.2) is 0 Å². The minimum atomic E-state index is 0.328. The summed E-state index contributed by atoms with van der Waals surface area (Å²) in [5, 5.41) is 3.33. The molecule has 1 fully saturated rings. The molecule has 0 spiro atoms. The number of piperidine rings is 1. The lowest BCUT2D eigenvalue weighted by Gasteiger charge is -2.25. The van der Waals surface area contributed by atoms with E-state index in [1.165, 1.54) is 19.3 Å². The Balaban J connectivity index is 2.13. The Morgan fingerprint density at radius 2 is 2.20 bits per heavy atom. The van der Waals surface area contributed by atoms with Crippen LogP contribution in [-0.4, -0.2) is 18.9 Å². The fourth-order valence-corrected chi connectivity index (χ4v) is 1.26. The molecule has 1 N–H and O–H groups in total. The molecule has 1 aliphatic heterocycles. The van der Waals surface area contributed by atoms with Gasteiger partial charge in [-0.05, 0) is 39.7 Å². The minimum absolute atomic E-state index is 0.328. The van der Waals surface area contributed by atoms with E-state index in [1.54, 1.807) is 0 Å². The van der Waals surface area contributed by atoms with E-state index in [1.807, 2.05) is 0 Å². The molecular weight excluding hydrogens is 126 g/mol. The SMILES string of the molecule is CC(C)OC1CCCCN1. The van der Waals surface area contributed by atoms with Crippen molar-refractivity contribution in [3.05, 3.63) is 0 Å². The Morgan fingerprint density at radius 1 is 1.40 bits per heavy atom. The zero-order valence-electron chi connectivity index (χ0n) is 6.89. The normalized spacial score (nSPS) is 27.3. The minimum Gasteiger partial charge on any atom is -0.361 e. The van der Waals surface area contributed by atoms with Crippen LogP contribution >= 0.6 is 0 Å². The van der Waals surface area contributed by atoms with Crippen LogP contribution in [0.4, 0.5) is 0 Å². The summed E-state index contributed by atoms with van der Waals surface area (Å²) in [6.45, 7) is 5.28. The Bertz CT molecular complexity index is 87.3. The van der Waals surface area contributed by atoms with Gasteiger partial charge in [0.15, 0.2) is 0 Å². The summed E-state index contributed by atoms with van der Waals surface area (Å²) >= 11 is 0. The van der Waals surface area contributed by atoms with Crippen molar-refractivity contribution in [2.45, 2.75) is 45.4 Å². The molecule has 0 aromatic rings. The van der Waals surface area contributed by atoms with Gasteiger partial charge in [0, 0.05) is 0 Å². The maximum absolute atomic E-state index is 5.58. The van der Waals surface area contributed by atoms with Crippen molar-refractivity contribution < 1.29 is 4.74 Å². The number of rotatable bonds is 2. The molecule has 60 valence electrons. The summed E-state index contributed by atoms with van der Waals surface area (Å²) in [7, 11) is 0. The van der Waals surface area contributed by atoms with Gasteiger partial charge in [-0.3, -0.25) is 5.32 Å². The standard InChI is InChI=1S/C8H17NO/c1-7(2)10-8-5-3-4-6-9-8/h7-9H,3-6H2,1-2H3. The largest absolute Gasteiger partial charge is 0.361 e. The van der Waals surface area contributed by atoms with Crippen LogP contribution < -0.4 is 5.32 Å². The summed E-state index contributed by atoms with van der Waals surface area (Å²) < 4.78 is 5.58. The summed E-state index contributed by atoms with van der Waals surface area (Å²) in [5.41, 5.74) is 0. The first-order valence-corrected chi connectivity index (χ1v) is 4.18. The molecule has 1 heterocycles. The van der Waals surface area contributed by atoms with Crippen molar-refractivity contribution in [2.24, 2.45) is 0 Å². The van der Waals surface area contributed by atoms with Crippen LogP contribution in [0.1, 0.15) is 33.1 Å². The second kappa shape index (κ2) is 3.94. The van der Waals surface area contributed by atoms with Gasteiger partial charge in [0.1, 0.15) is 6.23 Å². The number of hydrogen-bond acceptors (Lipinski definition) is 2. The molecule has 1 rings (SSSR count). The average molecular weight is 143 g/mol. The lowest BCUT2D eigenvalue weighted by atomic mass is 10.1. The van der Waals surface area contributed by atoms with Gasteiger partial charge in [-0.25, -0.2) is 0 Å². The highest BCUT2D eigenvalue weighted by atomic mass is 16.5. The second-order valence-electron chi connectivity index (χ2n) is 3.12. The molecule has 0 radical (unpaired) electrons. The molecular formula is C8H17NO. The summed E-state index contributed by atoms with van der Waals surface area (Å²) in [5.74, 6) is 0. The quantitative estimate of drug-likeness (QED) is 0.632. The monoisotopic (exact) mass is 143 g/mol. The Hall–Kier alpha value is -0.0800. The highest BCUT2D eigenvalue weighted by Crippen LogP contribution is 2.09. The van der Waals surface area contributed by atoms with Crippen molar-refractivity contribution >= 4 is 0 Å². The predicted molar refractivity (Wildman–Crippen MR) is 41.9 cm³/mol. The molecule has 0 amide bonds. The van der Waals surface area contributed by atoms with Gasteiger partial charge in [-0.2, -0.15) is 0 Å². The van der Waals surface area contributed by atoms with Crippen molar-refractivity contribution in [1.29, 1.82) is 0 Å². The Morgan fingerprint density at radius 3 is 2.70 bits per heavy atom. The maximum Gasteiger partial charge on any atom is 0.108 e.